The molecule has 1 saturated carbocycles. The molecule has 1 aliphatic rings. The van der Waals surface area contributed by atoms with Crippen molar-refractivity contribution in [2.75, 3.05) is 7.11 Å². The first-order valence-electron chi connectivity index (χ1n) is 6.47. The fraction of sp³-hybridized carbons (Fsp3) is 0.643. The topological polar surface area (TPSA) is 56.3 Å². The first kappa shape index (κ1) is 14.2. The monoisotopic (exact) mass is 281 g/mol. The molecule has 0 saturated heterocycles. The molecule has 1 fully saturated rings. The summed E-state index contributed by atoms with van der Waals surface area (Å²) >= 11 is 1.38. The number of Topliss-reactive ketones (excluding diaryl/α,β-unsaturated/α-hetero) is 1. The molecule has 2 unspecified atom stereocenters. The Balaban J connectivity index is 2.10. The molecule has 0 radical (unpaired) electrons. The van der Waals surface area contributed by atoms with E-state index in [0.29, 0.717) is 17.8 Å². The number of thiazole rings is 1. The molecule has 19 heavy (non-hydrogen) atoms. The molecule has 2 atom stereocenters. The van der Waals surface area contributed by atoms with Gasteiger partial charge in [0.15, 0.2) is 10.8 Å². The Morgan fingerprint density at radius 1 is 1.42 bits per heavy atom. The average molecular weight is 281 g/mol. The van der Waals surface area contributed by atoms with Crippen LogP contribution in [0.25, 0.3) is 0 Å². The minimum absolute atomic E-state index is 0.0259. The summed E-state index contributed by atoms with van der Waals surface area (Å²) in [6.45, 7) is 4.08. The lowest BCUT2D eigenvalue weighted by Crippen LogP contribution is -2.39. The van der Waals surface area contributed by atoms with Crippen LogP contribution in [0.4, 0.5) is 0 Å². The van der Waals surface area contributed by atoms with E-state index in [-0.39, 0.29) is 29.0 Å². The molecule has 1 heterocycles. The van der Waals surface area contributed by atoms with E-state index in [4.69, 9.17) is 4.74 Å². The van der Waals surface area contributed by atoms with Gasteiger partial charge in [0.05, 0.1) is 13.0 Å². The average Bonchev–Trinajstić information content (AvgIpc) is 2.89. The number of esters is 1. The predicted molar refractivity (Wildman–Crippen MR) is 73.1 cm³/mol. The third kappa shape index (κ3) is 2.86. The molecule has 2 rings (SSSR count). The SMILES string of the molecule is COC(=O)C1CCC(C(=O)c2nccs2)CC1(C)C. The summed E-state index contributed by atoms with van der Waals surface area (Å²) in [4.78, 5) is 28.2. The lowest BCUT2D eigenvalue weighted by molar-refractivity contribution is -0.152. The van der Waals surface area contributed by atoms with Crippen molar-refractivity contribution in [2.24, 2.45) is 17.3 Å². The minimum atomic E-state index is -0.205. The third-order valence-corrected chi connectivity index (χ3v) is 4.81. The Hall–Kier alpha value is -1.23. The highest BCUT2D eigenvalue weighted by molar-refractivity contribution is 7.11. The first-order chi connectivity index (χ1) is 8.95. The highest BCUT2D eigenvalue weighted by Crippen LogP contribution is 2.44. The van der Waals surface area contributed by atoms with Crippen LogP contribution in [-0.4, -0.2) is 23.8 Å². The highest BCUT2D eigenvalue weighted by Gasteiger charge is 2.43. The van der Waals surface area contributed by atoms with Crippen LogP contribution in [0.5, 0.6) is 0 Å². The molecule has 104 valence electrons. The van der Waals surface area contributed by atoms with Gasteiger partial charge in [0.25, 0.3) is 0 Å². The zero-order chi connectivity index (χ0) is 14.0. The van der Waals surface area contributed by atoms with Crippen molar-refractivity contribution in [2.45, 2.75) is 33.1 Å². The van der Waals surface area contributed by atoms with Gasteiger partial charge in [0.2, 0.25) is 0 Å². The van der Waals surface area contributed by atoms with Crippen molar-refractivity contribution in [3.8, 4) is 0 Å². The number of hydrogen-bond acceptors (Lipinski definition) is 5. The van der Waals surface area contributed by atoms with Crippen molar-refractivity contribution in [1.29, 1.82) is 0 Å². The van der Waals surface area contributed by atoms with Gasteiger partial charge in [-0.05, 0) is 24.7 Å². The molecule has 0 amide bonds. The van der Waals surface area contributed by atoms with Gasteiger partial charge < -0.3 is 4.74 Å². The number of carbonyl (C=O) groups excluding carboxylic acids is 2. The van der Waals surface area contributed by atoms with E-state index in [9.17, 15) is 9.59 Å². The standard InChI is InChI=1S/C14H19NO3S/c1-14(2)8-9(4-5-10(14)13(17)18-3)11(16)12-15-6-7-19-12/h6-7,9-10H,4-5,8H2,1-3H3. The smallest absolute Gasteiger partial charge is 0.309 e. The van der Waals surface area contributed by atoms with Gasteiger partial charge in [0.1, 0.15) is 0 Å². The van der Waals surface area contributed by atoms with Crippen LogP contribution >= 0.6 is 11.3 Å². The van der Waals surface area contributed by atoms with Gasteiger partial charge >= 0.3 is 5.97 Å². The van der Waals surface area contributed by atoms with E-state index in [1.165, 1.54) is 18.4 Å². The summed E-state index contributed by atoms with van der Waals surface area (Å²) in [6.07, 6.45) is 3.82. The van der Waals surface area contributed by atoms with Gasteiger partial charge in [-0.1, -0.05) is 13.8 Å². The zero-order valence-corrected chi connectivity index (χ0v) is 12.3. The molecule has 5 heteroatoms. The highest BCUT2D eigenvalue weighted by atomic mass is 32.1. The lowest BCUT2D eigenvalue weighted by atomic mass is 9.64. The van der Waals surface area contributed by atoms with Crippen LogP contribution in [0.3, 0.4) is 0 Å². The van der Waals surface area contributed by atoms with E-state index >= 15 is 0 Å². The molecular weight excluding hydrogens is 262 g/mol. The number of rotatable bonds is 3. The Bertz CT molecular complexity index is 467. The minimum Gasteiger partial charge on any atom is -0.469 e. The van der Waals surface area contributed by atoms with Gasteiger partial charge in [-0.25, -0.2) is 4.98 Å². The van der Waals surface area contributed by atoms with Crippen LogP contribution in [0.15, 0.2) is 11.6 Å². The predicted octanol–water partition coefficient (Wildman–Crippen LogP) is 2.94. The number of aromatic nitrogens is 1. The van der Waals surface area contributed by atoms with Crippen molar-refractivity contribution in [1.82, 2.24) is 4.98 Å². The Morgan fingerprint density at radius 3 is 2.68 bits per heavy atom. The maximum absolute atomic E-state index is 12.3. The molecule has 4 nitrogen and oxygen atoms in total. The lowest BCUT2D eigenvalue weighted by Gasteiger charge is -2.40. The van der Waals surface area contributed by atoms with E-state index in [1.54, 1.807) is 6.20 Å². The van der Waals surface area contributed by atoms with Crippen LogP contribution in [0, 0.1) is 17.3 Å². The zero-order valence-electron chi connectivity index (χ0n) is 11.5. The Kier molecular flexibility index (Phi) is 4.04. The fourth-order valence-electron chi connectivity index (χ4n) is 2.96. The first-order valence-corrected chi connectivity index (χ1v) is 7.35. The van der Waals surface area contributed by atoms with E-state index in [1.807, 2.05) is 19.2 Å². The Morgan fingerprint density at radius 2 is 2.16 bits per heavy atom. The summed E-state index contributed by atoms with van der Waals surface area (Å²) in [7, 11) is 1.42. The van der Waals surface area contributed by atoms with Crippen molar-refractivity contribution in [3.63, 3.8) is 0 Å². The molecule has 0 aromatic carbocycles. The van der Waals surface area contributed by atoms with Crippen molar-refractivity contribution < 1.29 is 14.3 Å². The number of hydrogen-bond donors (Lipinski definition) is 0. The number of methoxy groups -OCH3 is 1. The normalized spacial score (nSPS) is 25.8. The molecule has 0 aliphatic heterocycles. The summed E-state index contributed by atoms with van der Waals surface area (Å²) in [6, 6.07) is 0. The maximum Gasteiger partial charge on any atom is 0.309 e. The molecule has 1 aromatic rings. The second kappa shape index (κ2) is 5.41. The van der Waals surface area contributed by atoms with E-state index < -0.39 is 0 Å². The second-order valence-corrected chi connectivity index (χ2v) is 6.64. The van der Waals surface area contributed by atoms with Gasteiger partial charge in [-0.2, -0.15) is 0 Å². The van der Waals surface area contributed by atoms with Gasteiger partial charge in [-0.15, -0.1) is 11.3 Å². The van der Waals surface area contributed by atoms with Crippen LogP contribution in [-0.2, 0) is 9.53 Å². The third-order valence-electron chi connectivity index (χ3n) is 4.02. The Labute approximate surface area is 117 Å². The summed E-state index contributed by atoms with van der Waals surface area (Å²) in [5.74, 6) is -0.184. The number of ether oxygens (including phenoxy) is 1. The second-order valence-electron chi connectivity index (χ2n) is 5.74. The largest absolute Gasteiger partial charge is 0.469 e. The van der Waals surface area contributed by atoms with Crippen molar-refractivity contribution in [3.05, 3.63) is 16.6 Å². The maximum atomic E-state index is 12.3. The summed E-state index contributed by atoms with van der Waals surface area (Å²) in [5.41, 5.74) is -0.205. The molecular formula is C14H19NO3S. The number of ketones is 1. The van der Waals surface area contributed by atoms with Gasteiger partial charge in [-0.3, -0.25) is 9.59 Å². The van der Waals surface area contributed by atoms with Crippen molar-refractivity contribution >= 4 is 23.1 Å². The number of nitrogens with zero attached hydrogens (tertiary/aromatic N) is 1. The fourth-order valence-corrected chi connectivity index (χ4v) is 3.62. The molecule has 0 spiro atoms. The molecule has 1 aliphatic carbocycles. The van der Waals surface area contributed by atoms with Crippen LogP contribution < -0.4 is 0 Å². The molecule has 1 aromatic heterocycles. The van der Waals surface area contributed by atoms with Gasteiger partial charge in [0, 0.05) is 17.5 Å². The quantitative estimate of drug-likeness (QED) is 0.631. The molecule has 0 bridgehead atoms. The summed E-state index contributed by atoms with van der Waals surface area (Å²) in [5, 5.41) is 2.40. The van der Waals surface area contributed by atoms with E-state index in [0.717, 1.165) is 6.42 Å². The number of carbonyl (C=O) groups is 2. The summed E-state index contributed by atoms with van der Waals surface area (Å²) < 4.78 is 4.86. The van der Waals surface area contributed by atoms with Crippen LogP contribution in [0.2, 0.25) is 0 Å². The van der Waals surface area contributed by atoms with Crippen LogP contribution in [0.1, 0.15) is 42.9 Å². The van der Waals surface area contributed by atoms with E-state index in [2.05, 4.69) is 4.98 Å². The molecule has 0 N–H and O–H groups in total.